The highest BCUT2D eigenvalue weighted by molar-refractivity contribution is 5.61. The predicted octanol–water partition coefficient (Wildman–Crippen LogP) is 2.63. The molecule has 2 fully saturated rings. The van der Waals surface area contributed by atoms with Gasteiger partial charge in [0.25, 0.3) is 0 Å². The molecule has 2 saturated heterocycles. The van der Waals surface area contributed by atoms with Crippen molar-refractivity contribution in [2.75, 3.05) is 40.0 Å². The van der Waals surface area contributed by atoms with Gasteiger partial charge in [0, 0.05) is 31.9 Å². The maximum atomic E-state index is 13.7. The van der Waals surface area contributed by atoms with Gasteiger partial charge in [0.05, 0.1) is 19.8 Å². The number of nitrogens with one attached hydrogen (secondary N) is 1. The summed E-state index contributed by atoms with van der Waals surface area (Å²) in [5, 5.41) is 3.38. The number of rotatable bonds is 4. The van der Waals surface area contributed by atoms with Crippen molar-refractivity contribution in [1.29, 1.82) is 0 Å². The molecule has 0 radical (unpaired) electrons. The molecular formula is C18H24FNO3. The van der Waals surface area contributed by atoms with E-state index in [9.17, 15) is 4.39 Å². The van der Waals surface area contributed by atoms with E-state index in [1.54, 1.807) is 13.2 Å². The van der Waals surface area contributed by atoms with E-state index in [2.05, 4.69) is 11.4 Å². The molecule has 0 aromatic heterocycles. The first-order chi connectivity index (χ1) is 11.3. The number of benzene rings is 1. The minimum atomic E-state index is -0.258. The van der Waals surface area contributed by atoms with Gasteiger partial charge in [-0.15, -0.1) is 0 Å². The SMILES string of the molecule is COc1ccc(F)cc1/C=C(\C1CCOCC1)C1CNCCO1. The lowest BCUT2D eigenvalue weighted by atomic mass is 9.86. The van der Waals surface area contributed by atoms with Crippen LogP contribution in [-0.4, -0.2) is 46.1 Å². The van der Waals surface area contributed by atoms with Crippen molar-refractivity contribution in [2.24, 2.45) is 5.92 Å². The van der Waals surface area contributed by atoms with E-state index in [0.29, 0.717) is 18.3 Å². The normalized spacial score (nSPS) is 23.7. The predicted molar refractivity (Wildman–Crippen MR) is 87.1 cm³/mol. The first-order valence-corrected chi connectivity index (χ1v) is 8.23. The van der Waals surface area contributed by atoms with Crippen LogP contribution in [0.4, 0.5) is 4.39 Å². The average molecular weight is 321 g/mol. The largest absolute Gasteiger partial charge is 0.496 e. The summed E-state index contributed by atoms with van der Waals surface area (Å²) >= 11 is 0. The molecule has 1 aromatic carbocycles. The van der Waals surface area contributed by atoms with Crippen LogP contribution in [0.3, 0.4) is 0 Å². The van der Waals surface area contributed by atoms with Gasteiger partial charge in [-0.2, -0.15) is 0 Å². The van der Waals surface area contributed by atoms with Crippen LogP contribution in [0, 0.1) is 11.7 Å². The molecule has 0 aliphatic carbocycles. The molecule has 2 aliphatic heterocycles. The summed E-state index contributed by atoms with van der Waals surface area (Å²) in [6.45, 7) is 3.90. The maximum Gasteiger partial charge on any atom is 0.126 e. The van der Waals surface area contributed by atoms with Gasteiger partial charge in [0.15, 0.2) is 0 Å². The van der Waals surface area contributed by atoms with Crippen molar-refractivity contribution in [3.63, 3.8) is 0 Å². The minimum absolute atomic E-state index is 0.0276. The second-order valence-electron chi connectivity index (χ2n) is 5.98. The Morgan fingerprint density at radius 3 is 2.83 bits per heavy atom. The lowest BCUT2D eigenvalue weighted by Crippen LogP contribution is -2.41. The van der Waals surface area contributed by atoms with Crippen LogP contribution in [0.15, 0.2) is 23.8 Å². The monoisotopic (exact) mass is 321 g/mol. The maximum absolute atomic E-state index is 13.7. The Labute approximate surface area is 136 Å². The van der Waals surface area contributed by atoms with Crippen LogP contribution >= 0.6 is 0 Å². The van der Waals surface area contributed by atoms with E-state index < -0.39 is 0 Å². The Morgan fingerprint density at radius 1 is 1.30 bits per heavy atom. The van der Waals surface area contributed by atoms with Crippen LogP contribution in [-0.2, 0) is 9.47 Å². The molecule has 1 aromatic rings. The smallest absolute Gasteiger partial charge is 0.126 e. The molecule has 2 aliphatic rings. The van der Waals surface area contributed by atoms with Crippen molar-refractivity contribution in [2.45, 2.75) is 18.9 Å². The van der Waals surface area contributed by atoms with Gasteiger partial charge in [-0.25, -0.2) is 4.39 Å². The van der Waals surface area contributed by atoms with E-state index in [4.69, 9.17) is 14.2 Å². The molecule has 3 rings (SSSR count). The van der Waals surface area contributed by atoms with Gasteiger partial charge >= 0.3 is 0 Å². The fraction of sp³-hybridized carbons (Fsp3) is 0.556. The molecule has 0 saturated carbocycles. The van der Waals surface area contributed by atoms with Gasteiger partial charge < -0.3 is 19.5 Å². The van der Waals surface area contributed by atoms with Gasteiger partial charge in [0.2, 0.25) is 0 Å². The van der Waals surface area contributed by atoms with Crippen LogP contribution in [0.2, 0.25) is 0 Å². The Kier molecular flexibility index (Phi) is 5.65. The molecule has 1 N–H and O–H groups in total. The molecule has 4 nitrogen and oxygen atoms in total. The highest BCUT2D eigenvalue weighted by atomic mass is 19.1. The quantitative estimate of drug-likeness (QED) is 0.925. The molecule has 126 valence electrons. The molecule has 5 heteroatoms. The summed E-state index contributed by atoms with van der Waals surface area (Å²) < 4.78 is 30.5. The number of methoxy groups -OCH3 is 1. The van der Waals surface area contributed by atoms with Crippen LogP contribution < -0.4 is 10.1 Å². The van der Waals surface area contributed by atoms with Gasteiger partial charge in [-0.1, -0.05) is 0 Å². The number of ether oxygens (including phenoxy) is 3. The Hall–Kier alpha value is -1.43. The summed E-state index contributed by atoms with van der Waals surface area (Å²) in [7, 11) is 1.61. The van der Waals surface area contributed by atoms with E-state index in [1.807, 2.05) is 0 Å². The standard InChI is InChI=1S/C18H24FNO3/c1-21-17-3-2-15(19)10-14(17)11-16(13-4-7-22-8-5-13)18-12-20-6-9-23-18/h2-3,10-11,13,18,20H,4-9,12H2,1H3/b16-11+. The van der Waals surface area contributed by atoms with Crippen molar-refractivity contribution in [3.8, 4) is 5.75 Å². The Morgan fingerprint density at radius 2 is 2.13 bits per heavy atom. The zero-order valence-corrected chi connectivity index (χ0v) is 13.5. The molecule has 2 heterocycles. The zero-order valence-electron chi connectivity index (χ0n) is 13.5. The van der Waals surface area contributed by atoms with E-state index in [-0.39, 0.29) is 11.9 Å². The average Bonchev–Trinajstić information content (AvgIpc) is 2.61. The van der Waals surface area contributed by atoms with Crippen molar-refractivity contribution < 1.29 is 18.6 Å². The van der Waals surface area contributed by atoms with E-state index >= 15 is 0 Å². The molecule has 0 amide bonds. The number of hydrogen-bond donors (Lipinski definition) is 1. The summed E-state index contributed by atoms with van der Waals surface area (Å²) in [5.74, 6) is 0.826. The van der Waals surface area contributed by atoms with Gasteiger partial charge in [-0.05, 0) is 48.6 Å². The molecule has 1 atom stereocenters. The molecule has 0 spiro atoms. The molecular weight excluding hydrogens is 297 g/mol. The lowest BCUT2D eigenvalue weighted by Gasteiger charge is -2.33. The summed E-state index contributed by atoms with van der Waals surface area (Å²) in [6.07, 6.45) is 4.03. The summed E-state index contributed by atoms with van der Waals surface area (Å²) in [4.78, 5) is 0. The molecule has 23 heavy (non-hydrogen) atoms. The highest BCUT2D eigenvalue weighted by Crippen LogP contribution is 2.32. The molecule has 1 unspecified atom stereocenters. The van der Waals surface area contributed by atoms with Crippen LogP contribution in [0.1, 0.15) is 18.4 Å². The van der Waals surface area contributed by atoms with Crippen molar-refractivity contribution in [3.05, 3.63) is 35.2 Å². The Bertz CT molecular complexity index is 529. The second-order valence-corrected chi connectivity index (χ2v) is 5.98. The van der Waals surface area contributed by atoms with Crippen LogP contribution in [0.5, 0.6) is 5.75 Å². The van der Waals surface area contributed by atoms with Crippen LogP contribution in [0.25, 0.3) is 6.08 Å². The van der Waals surface area contributed by atoms with Gasteiger partial charge in [-0.3, -0.25) is 0 Å². The van der Waals surface area contributed by atoms with E-state index in [1.165, 1.54) is 17.7 Å². The molecule has 0 bridgehead atoms. The lowest BCUT2D eigenvalue weighted by molar-refractivity contribution is 0.0300. The zero-order chi connectivity index (χ0) is 16.1. The number of halogens is 1. The third kappa shape index (κ3) is 4.10. The van der Waals surface area contributed by atoms with Gasteiger partial charge in [0.1, 0.15) is 11.6 Å². The first kappa shape index (κ1) is 16.4. The third-order valence-electron chi connectivity index (χ3n) is 4.51. The highest BCUT2D eigenvalue weighted by Gasteiger charge is 2.27. The number of morpholine rings is 1. The summed E-state index contributed by atoms with van der Waals surface area (Å²) in [6, 6.07) is 4.61. The Balaban J connectivity index is 1.94. The number of hydrogen-bond acceptors (Lipinski definition) is 4. The third-order valence-corrected chi connectivity index (χ3v) is 4.51. The van der Waals surface area contributed by atoms with Crippen molar-refractivity contribution in [1.82, 2.24) is 5.32 Å². The topological polar surface area (TPSA) is 39.7 Å². The minimum Gasteiger partial charge on any atom is -0.496 e. The fourth-order valence-corrected chi connectivity index (χ4v) is 3.28. The fourth-order valence-electron chi connectivity index (χ4n) is 3.28. The summed E-state index contributed by atoms with van der Waals surface area (Å²) in [5.41, 5.74) is 1.98. The first-order valence-electron chi connectivity index (χ1n) is 8.23. The van der Waals surface area contributed by atoms with Crippen molar-refractivity contribution >= 4 is 6.08 Å². The van der Waals surface area contributed by atoms with E-state index in [0.717, 1.165) is 44.7 Å². The second kappa shape index (κ2) is 7.90.